The summed E-state index contributed by atoms with van der Waals surface area (Å²) in [6, 6.07) is 7.70. The Morgan fingerprint density at radius 2 is 2.16 bits per heavy atom. The Morgan fingerprint density at radius 3 is 2.74 bits per heavy atom. The monoisotopic (exact) mass is 263 g/mol. The summed E-state index contributed by atoms with van der Waals surface area (Å²) < 4.78 is 10.9. The molecule has 1 fully saturated rings. The van der Waals surface area contributed by atoms with Crippen molar-refractivity contribution < 1.29 is 14.3 Å². The van der Waals surface area contributed by atoms with Crippen molar-refractivity contribution in [3.8, 4) is 5.75 Å². The van der Waals surface area contributed by atoms with E-state index >= 15 is 0 Å². The molecule has 104 valence electrons. The summed E-state index contributed by atoms with van der Waals surface area (Å²) in [7, 11) is 0. The zero-order valence-corrected chi connectivity index (χ0v) is 11.5. The molecule has 1 aliphatic rings. The van der Waals surface area contributed by atoms with Gasteiger partial charge in [0.25, 0.3) is 0 Å². The molecule has 1 unspecified atom stereocenters. The highest BCUT2D eigenvalue weighted by molar-refractivity contribution is 5.77. The molecule has 1 saturated heterocycles. The molecule has 1 aromatic rings. The van der Waals surface area contributed by atoms with Gasteiger partial charge in [-0.2, -0.15) is 0 Å². The Kier molecular flexibility index (Phi) is 4.80. The Balaban J connectivity index is 1.95. The molecule has 0 amide bonds. The summed E-state index contributed by atoms with van der Waals surface area (Å²) in [5, 5.41) is 3.26. The van der Waals surface area contributed by atoms with Crippen LogP contribution < -0.4 is 10.1 Å². The van der Waals surface area contributed by atoms with Crippen molar-refractivity contribution in [2.45, 2.75) is 32.3 Å². The Labute approximate surface area is 114 Å². The van der Waals surface area contributed by atoms with Crippen molar-refractivity contribution in [3.05, 3.63) is 29.8 Å². The van der Waals surface area contributed by atoms with Gasteiger partial charge in [-0.05, 0) is 44.5 Å². The second-order valence-electron chi connectivity index (χ2n) is 4.78. The summed E-state index contributed by atoms with van der Waals surface area (Å²) in [5.74, 6) is 0.437. The number of benzene rings is 1. The van der Waals surface area contributed by atoms with Gasteiger partial charge in [0.1, 0.15) is 11.9 Å². The van der Waals surface area contributed by atoms with Gasteiger partial charge in [0, 0.05) is 6.54 Å². The summed E-state index contributed by atoms with van der Waals surface area (Å²) in [5.41, 5.74) is 0.954. The number of carbonyl (C=O) groups is 1. The summed E-state index contributed by atoms with van der Waals surface area (Å²) >= 11 is 0. The molecule has 0 spiro atoms. The molecule has 0 aromatic heterocycles. The number of hydrogen-bond donors (Lipinski definition) is 1. The van der Waals surface area contributed by atoms with Crippen molar-refractivity contribution >= 4 is 5.97 Å². The zero-order valence-electron chi connectivity index (χ0n) is 11.5. The van der Waals surface area contributed by atoms with E-state index < -0.39 is 0 Å². The van der Waals surface area contributed by atoms with Gasteiger partial charge in [0.05, 0.1) is 12.5 Å². The van der Waals surface area contributed by atoms with Crippen LogP contribution in [-0.4, -0.2) is 31.8 Å². The molecule has 1 aromatic carbocycles. The average Bonchev–Trinajstić information content (AvgIpc) is 2.92. The molecular formula is C15H21NO3. The number of ether oxygens (including phenoxy) is 2. The third-order valence-corrected chi connectivity index (χ3v) is 3.34. The molecule has 1 N–H and O–H groups in total. The molecule has 1 heterocycles. The smallest absolute Gasteiger partial charge is 0.313 e. The van der Waals surface area contributed by atoms with Crippen LogP contribution in [0.4, 0.5) is 0 Å². The highest BCUT2D eigenvalue weighted by Gasteiger charge is 2.18. The third kappa shape index (κ3) is 3.70. The van der Waals surface area contributed by atoms with E-state index in [4.69, 9.17) is 9.47 Å². The number of hydrogen-bond acceptors (Lipinski definition) is 4. The minimum Gasteiger partial charge on any atom is -0.489 e. The van der Waals surface area contributed by atoms with Crippen molar-refractivity contribution in [2.24, 2.45) is 0 Å². The predicted octanol–water partition coefficient (Wildman–Crippen LogP) is 2.09. The normalized spacial score (nSPS) is 20.0. The van der Waals surface area contributed by atoms with Crippen LogP contribution in [0, 0.1) is 0 Å². The van der Waals surface area contributed by atoms with Gasteiger partial charge < -0.3 is 14.8 Å². The lowest BCUT2D eigenvalue weighted by Crippen LogP contribution is -2.19. The van der Waals surface area contributed by atoms with Crippen LogP contribution >= 0.6 is 0 Å². The van der Waals surface area contributed by atoms with E-state index in [0.717, 1.165) is 30.8 Å². The van der Waals surface area contributed by atoms with Crippen molar-refractivity contribution in [1.82, 2.24) is 5.32 Å². The fourth-order valence-electron chi connectivity index (χ4n) is 2.16. The zero-order chi connectivity index (χ0) is 13.7. The van der Waals surface area contributed by atoms with E-state index in [0.29, 0.717) is 6.61 Å². The van der Waals surface area contributed by atoms with Gasteiger partial charge in [-0.25, -0.2) is 0 Å². The summed E-state index contributed by atoms with van der Waals surface area (Å²) in [4.78, 5) is 11.6. The molecule has 0 bridgehead atoms. The van der Waals surface area contributed by atoms with Gasteiger partial charge in [0.2, 0.25) is 0 Å². The van der Waals surface area contributed by atoms with Crippen LogP contribution in [0.1, 0.15) is 31.7 Å². The van der Waals surface area contributed by atoms with Crippen molar-refractivity contribution in [2.75, 3.05) is 19.7 Å². The average molecular weight is 263 g/mol. The minimum absolute atomic E-state index is 0.184. The van der Waals surface area contributed by atoms with Crippen molar-refractivity contribution in [1.29, 1.82) is 0 Å². The van der Waals surface area contributed by atoms with E-state index in [2.05, 4.69) is 5.32 Å². The molecule has 2 rings (SSSR count). The largest absolute Gasteiger partial charge is 0.489 e. The van der Waals surface area contributed by atoms with Gasteiger partial charge >= 0.3 is 5.97 Å². The van der Waals surface area contributed by atoms with E-state index in [1.807, 2.05) is 38.1 Å². The van der Waals surface area contributed by atoms with Crippen LogP contribution in [-0.2, 0) is 9.53 Å². The first-order valence-corrected chi connectivity index (χ1v) is 6.84. The highest BCUT2D eigenvalue weighted by atomic mass is 16.5. The van der Waals surface area contributed by atoms with Crippen LogP contribution in [0.15, 0.2) is 24.3 Å². The number of nitrogens with one attached hydrogen (secondary N) is 1. The summed E-state index contributed by atoms with van der Waals surface area (Å²) in [6.45, 7) is 6.01. The van der Waals surface area contributed by atoms with Gasteiger partial charge in [-0.3, -0.25) is 4.79 Å². The SMILES string of the molecule is CCOC(=O)C(C)c1ccc(O[C@H]2CCNC2)cc1. The van der Waals surface area contributed by atoms with Crippen LogP contribution in [0.3, 0.4) is 0 Å². The maximum absolute atomic E-state index is 11.6. The maximum Gasteiger partial charge on any atom is 0.313 e. The van der Waals surface area contributed by atoms with E-state index in [1.165, 1.54) is 0 Å². The Hall–Kier alpha value is -1.55. The van der Waals surface area contributed by atoms with E-state index in [9.17, 15) is 4.79 Å². The number of rotatable bonds is 5. The molecule has 2 atom stereocenters. The molecular weight excluding hydrogens is 242 g/mol. The first kappa shape index (κ1) is 13.9. The lowest BCUT2D eigenvalue weighted by atomic mass is 10.0. The maximum atomic E-state index is 11.6. The molecule has 4 nitrogen and oxygen atoms in total. The Bertz CT molecular complexity index is 410. The third-order valence-electron chi connectivity index (χ3n) is 3.34. The van der Waals surface area contributed by atoms with Crippen LogP contribution in [0.2, 0.25) is 0 Å². The second-order valence-corrected chi connectivity index (χ2v) is 4.78. The Morgan fingerprint density at radius 1 is 1.42 bits per heavy atom. The molecule has 0 radical (unpaired) electrons. The van der Waals surface area contributed by atoms with Crippen LogP contribution in [0.25, 0.3) is 0 Å². The van der Waals surface area contributed by atoms with Crippen LogP contribution in [0.5, 0.6) is 5.75 Å². The molecule has 1 aliphatic heterocycles. The van der Waals surface area contributed by atoms with Gasteiger partial charge in [0.15, 0.2) is 0 Å². The number of esters is 1. The lowest BCUT2D eigenvalue weighted by molar-refractivity contribution is -0.144. The fraction of sp³-hybridized carbons (Fsp3) is 0.533. The van der Waals surface area contributed by atoms with E-state index in [1.54, 1.807) is 0 Å². The first-order valence-electron chi connectivity index (χ1n) is 6.84. The molecule has 19 heavy (non-hydrogen) atoms. The van der Waals surface area contributed by atoms with Gasteiger partial charge in [-0.15, -0.1) is 0 Å². The predicted molar refractivity (Wildman–Crippen MR) is 73.4 cm³/mol. The standard InChI is InChI=1S/C15H21NO3/c1-3-18-15(17)11(2)12-4-6-13(7-5-12)19-14-8-9-16-10-14/h4-7,11,14,16H,3,8-10H2,1-2H3/t11?,14-/m0/s1. The second kappa shape index (κ2) is 6.57. The van der Waals surface area contributed by atoms with E-state index in [-0.39, 0.29) is 18.0 Å². The minimum atomic E-state index is -0.234. The molecule has 0 aliphatic carbocycles. The first-order chi connectivity index (χ1) is 9.20. The lowest BCUT2D eigenvalue weighted by Gasteiger charge is -2.14. The summed E-state index contributed by atoms with van der Waals surface area (Å²) in [6.07, 6.45) is 1.30. The number of carbonyl (C=O) groups excluding carboxylic acids is 1. The quantitative estimate of drug-likeness (QED) is 0.826. The molecule has 4 heteroatoms. The van der Waals surface area contributed by atoms with Crippen molar-refractivity contribution in [3.63, 3.8) is 0 Å². The van der Waals surface area contributed by atoms with Gasteiger partial charge in [-0.1, -0.05) is 12.1 Å². The molecule has 0 saturated carbocycles. The fourth-order valence-corrected chi connectivity index (χ4v) is 2.16. The highest BCUT2D eigenvalue weighted by Crippen LogP contribution is 2.21. The topological polar surface area (TPSA) is 47.6 Å².